The van der Waals surface area contributed by atoms with Crippen LogP contribution in [0.4, 0.5) is 0 Å². The van der Waals surface area contributed by atoms with E-state index in [9.17, 15) is 5.11 Å². The standard InChI is InChI=1S/C11H22O2/c1-9(2)11(3,8-12)7-10-5-4-6-13-10/h9-10,12H,4-8H2,1-3H3. The zero-order valence-electron chi connectivity index (χ0n) is 9.05. The van der Waals surface area contributed by atoms with Crippen molar-refractivity contribution in [3.05, 3.63) is 0 Å². The summed E-state index contributed by atoms with van der Waals surface area (Å²) in [4.78, 5) is 0. The molecule has 1 aliphatic heterocycles. The zero-order valence-corrected chi connectivity index (χ0v) is 9.05. The molecule has 13 heavy (non-hydrogen) atoms. The van der Waals surface area contributed by atoms with Gasteiger partial charge in [-0.15, -0.1) is 0 Å². The minimum atomic E-state index is 0.0367. The second-order valence-electron chi connectivity index (χ2n) is 4.81. The second-order valence-corrected chi connectivity index (χ2v) is 4.81. The first-order valence-corrected chi connectivity index (χ1v) is 5.31. The average Bonchev–Trinajstić information content (AvgIpc) is 2.56. The molecular weight excluding hydrogens is 164 g/mol. The van der Waals surface area contributed by atoms with Crippen LogP contribution in [-0.2, 0) is 4.74 Å². The topological polar surface area (TPSA) is 29.5 Å². The average molecular weight is 186 g/mol. The largest absolute Gasteiger partial charge is 0.396 e. The second kappa shape index (κ2) is 4.43. The summed E-state index contributed by atoms with van der Waals surface area (Å²) in [6, 6.07) is 0. The third kappa shape index (κ3) is 2.68. The first-order valence-electron chi connectivity index (χ1n) is 5.31. The number of ether oxygens (including phenoxy) is 1. The Morgan fingerprint density at radius 1 is 1.54 bits per heavy atom. The molecular formula is C11H22O2. The van der Waals surface area contributed by atoms with Crippen molar-refractivity contribution in [2.75, 3.05) is 13.2 Å². The lowest BCUT2D eigenvalue weighted by atomic mass is 9.75. The summed E-state index contributed by atoms with van der Waals surface area (Å²) in [5.41, 5.74) is 0.0367. The van der Waals surface area contributed by atoms with E-state index in [4.69, 9.17) is 4.74 Å². The molecule has 0 amide bonds. The van der Waals surface area contributed by atoms with Gasteiger partial charge in [-0.2, -0.15) is 0 Å². The van der Waals surface area contributed by atoms with Gasteiger partial charge in [0.05, 0.1) is 6.10 Å². The van der Waals surface area contributed by atoms with Crippen molar-refractivity contribution in [1.29, 1.82) is 0 Å². The molecule has 1 heterocycles. The third-order valence-electron chi connectivity index (χ3n) is 3.47. The zero-order chi connectivity index (χ0) is 9.90. The highest BCUT2D eigenvalue weighted by atomic mass is 16.5. The first kappa shape index (κ1) is 11.0. The van der Waals surface area contributed by atoms with Crippen LogP contribution in [0.1, 0.15) is 40.0 Å². The van der Waals surface area contributed by atoms with Gasteiger partial charge in [0.15, 0.2) is 0 Å². The smallest absolute Gasteiger partial charge is 0.0582 e. The van der Waals surface area contributed by atoms with Crippen LogP contribution >= 0.6 is 0 Å². The van der Waals surface area contributed by atoms with Crippen LogP contribution < -0.4 is 0 Å². The van der Waals surface area contributed by atoms with Gasteiger partial charge < -0.3 is 9.84 Å². The van der Waals surface area contributed by atoms with Gasteiger partial charge in [0, 0.05) is 13.2 Å². The summed E-state index contributed by atoms with van der Waals surface area (Å²) in [5, 5.41) is 9.36. The molecule has 0 saturated carbocycles. The Kier molecular flexibility index (Phi) is 3.74. The van der Waals surface area contributed by atoms with Crippen molar-refractivity contribution in [3.8, 4) is 0 Å². The molecule has 2 nitrogen and oxygen atoms in total. The summed E-state index contributed by atoms with van der Waals surface area (Å²) in [5.74, 6) is 0.515. The van der Waals surface area contributed by atoms with Crippen molar-refractivity contribution < 1.29 is 9.84 Å². The van der Waals surface area contributed by atoms with E-state index >= 15 is 0 Å². The van der Waals surface area contributed by atoms with E-state index < -0.39 is 0 Å². The molecule has 1 N–H and O–H groups in total. The summed E-state index contributed by atoms with van der Waals surface area (Å²) >= 11 is 0. The molecule has 1 aliphatic rings. The normalized spacial score (nSPS) is 27.9. The third-order valence-corrected chi connectivity index (χ3v) is 3.47. The Morgan fingerprint density at radius 3 is 2.62 bits per heavy atom. The van der Waals surface area contributed by atoms with Gasteiger partial charge in [0.25, 0.3) is 0 Å². The molecule has 1 fully saturated rings. The fourth-order valence-electron chi connectivity index (χ4n) is 1.81. The Hall–Kier alpha value is -0.0800. The maximum Gasteiger partial charge on any atom is 0.0582 e. The Balaban J connectivity index is 2.46. The van der Waals surface area contributed by atoms with Crippen LogP contribution in [0.2, 0.25) is 0 Å². The monoisotopic (exact) mass is 186 g/mol. The maximum absolute atomic E-state index is 9.36. The van der Waals surface area contributed by atoms with E-state index in [0.717, 1.165) is 13.0 Å². The molecule has 1 rings (SSSR count). The van der Waals surface area contributed by atoms with Crippen molar-refractivity contribution >= 4 is 0 Å². The van der Waals surface area contributed by atoms with Gasteiger partial charge in [-0.25, -0.2) is 0 Å². The minimum Gasteiger partial charge on any atom is -0.396 e. The lowest BCUT2D eigenvalue weighted by Gasteiger charge is -2.33. The number of hydrogen-bond acceptors (Lipinski definition) is 2. The van der Waals surface area contributed by atoms with Crippen molar-refractivity contribution in [2.45, 2.75) is 46.1 Å². The number of aliphatic hydroxyl groups excluding tert-OH is 1. The van der Waals surface area contributed by atoms with E-state index in [0.29, 0.717) is 12.0 Å². The molecule has 0 aliphatic carbocycles. The number of aliphatic hydroxyl groups is 1. The molecule has 78 valence electrons. The Morgan fingerprint density at radius 2 is 2.23 bits per heavy atom. The highest BCUT2D eigenvalue weighted by Crippen LogP contribution is 2.34. The van der Waals surface area contributed by atoms with Crippen LogP contribution in [0.5, 0.6) is 0 Å². The molecule has 2 atom stereocenters. The van der Waals surface area contributed by atoms with Crippen molar-refractivity contribution in [3.63, 3.8) is 0 Å². The van der Waals surface area contributed by atoms with E-state index in [2.05, 4.69) is 20.8 Å². The molecule has 0 bridgehead atoms. The van der Waals surface area contributed by atoms with Crippen LogP contribution in [0.3, 0.4) is 0 Å². The summed E-state index contributed by atoms with van der Waals surface area (Å²) < 4.78 is 5.59. The molecule has 1 saturated heterocycles. The molecule has 2 heteroatoms. The van der Waals surface area contributed by atoms with Gasteiger partial charge in [0.1, 0.15) is 0 Å². The van der Waals surface area contributed by atoms with Crippen molar-refractivity contribution in [2.24, 2.45) is 11.3 Å². The lowest BCUT2D eigenvalue weighted by molar-refractivity contribution is 0.0152. The van der Waals surface area contributed by atoms with E-state index in [1.54, 1.807) is 0 Å². The summed E-state index contributed by atoms with van der Waals surface area (Å²) in [7, 11) is 0. The van der Waals surface area contributed by atoms with E-state index in [1.807, 2.05) is 0 Å². The molecule has 0 radical (unpaired) electrons. The molecule has 0 spiro atoms. The molecule has 0 aromatic heterocycles. The molecule has 2 unspecified atom stereocenters. The highest BCUT2D eigenvalue weighted by molar-refractivity contribution is 4.82. The first-order chi connectivity index (χ1) is 6.08. The Bertz CT molecular complexity index is 150. The van der Waals surface area contributed by atoms with Gasteiger partial charge >= 0.3 is 0 Å². The summed E-state index contributed by atoms with van der Waals surface area (Å²) in [6.07, 6.45) is 3.74. The van der Waals surface area contributed by atoms with Crippen LogP contribution in [0, 0.1) is 11.3 Å². The SMILES string of the molecule is CC(C)C(C)(CO)CC1CCCO1. The van der Waals surface area contributed by atoms with Gasteiger partial charge in [-0.1, -0.05) is 20.8 Å². The van der Waals surface area contributed by atoms with Gasteiger partial charge in [0.2, 0.25) is 0 Å². The summed E-state index contributed by atoms with van der Waals surface area (Å²) in [6.45, 7) is 7.67. The fraction of sp³-hybridized carbons (Fsp3) is 1.00. The van der Waals surface area contributed by atoms with Crippen LogP contribution in [-0.4, -0.2) is 24.4 Å². The van der Waals surface area contributed by atoms with Crippen LogP contribution in [0.15, 0.2) is 0 Å². The van der Waals surface area contributed by atoms with E-state index in [1.165, 1.54) is 12.8 Å². The highest BCUT2D eigenvalue weighted by Gasteiger charge is 2.32. The molecule has 0 aromatic rings. The van der Waals surface area contributed by atoms with Gasteiger partial charge in [-0.05, 0) is 30.6 Å². The molecule has 0 aromatic carbocycles. The number of hydrogen-bond donors (Lipinski definition) is 1. The van der Waals surface area contributed by atoms with Crippen molar-refractivity contribution in [1.82, 2.24) is 0 Å². The fourth-order valence-corrected chi connectivity index (χ4v) is 1.81. The maximum atomic E-state index is 9.36. The van der Waals surface area contributed by atoms with E-state index in [-0.39, 0.29) is 12.0 Å². The lowest BCUT2D eigenvalue weighted by Crippen LogP contribution is -2.32. The van der Waals surface area contributed by atoms with Gasteiger partial charge in [-0.3, -0.25) is 0 Å². The quantitative estimate of drug-likeness (QED) is 0.729. The minimum absolute atomic E-state index is 0.0367. The number of rotatable bonds is 4. The predicted molar refractivity (Wildman–Crippen MR) is 53.6 cm³/mol. The van der Waals surface area contributed by atoms with Crippen LogP contribution in [0.25, 0.3) is 0 Å². The predicted octanol–water partition coefficient (Wildman–Crippen LogP) is 2.21. The Labute approximate surface area is 81.3 Å².